The summed E-state index contributed by atoms with van der Waals surface area (Å²) in [5.41, 5.74) is 14.9. The van der Waals surface area contributed by atoms with E-state index in [4.69, 9.17) is 11.5 Å². The summed E-state index contributed by atoms with van der Waals surface area (Å²) in [5, 5.41) is 3.46. The number of nitrogens with two attached hydrogens (primary N) is 2. The quantitative estimate of drug-likeness (QED) is 0.690. The Labute approximate surface area is 150 Å². The van der Waals surface area contributed by atoms with Crippen LogP contribution in [0.4, 0.5) is 5.95 Å². The van der Waals surface area contributed by atoms with E-state index in [1.54, 1.807) is 12.4 Å². The van der Waals surface area contributed by atoms with Gasteiger partial charge in [-0.3, -0.25) is 4.99 Å². The van der Waals surface area contributed by atoms with Crippen LogP contribution in [0.15, 0.2) is 23.5 Å². The molecule has 0 atom stereocenters. The summed E-state index contributed by atoms with van der Waals surface area (Å²) in [7, 11) is 1.83. The Hall–Kier alpha value is -1.95. The van der Waals surface area contributed by atoms with Gasteiger partial charge in [0, 0.05) is 42.3 Å². The van der Waals surface area contributed by atoms with E-state index in [0.717, 1.165) is 55.0 Å². The number of allylic oxidation sites excluding steroid dienone is 1. The molecule has 1 aromatic heterocycles. The van der Waals surface area contributed by atoms with Crippen LogP contribution < -0.4 is 16.8 Å². The van der Waals surface area contributed by atoms with Gasteiger partial charge in [-0.1, -0.05) is 0 Å². The third-order valence-corrected chi connectivity index (χ3v) is 5.32. The first kappa shape index (κ1) is 17.9. The highest BCUT2D eigenvalue weighted by Gasteiger charge is 2.28. The SMILES string of the molecule is CN=C(CC1CC1)C(=CN)c1ccnc(NC2CCC(C)(N)CC2)n1. The molecule has 5 N–H and O–H groups in total. The van der Waals surface area contributed by atoms with E-state index in [1.807, 2.05) is 13.1 Å². The van der Waals surface area contributed by atoms with E-state index in [0.29, 0.717) is 12.0 Å². The van der Waals surface area contributed by atoms with Gasteiger partial charge in [0.15, 0.2) is 0 Å². The number of nitrogens with one attached hydrogen (secondary N) is 1. The molecule has 1 aromatic rings. The van der Waals surface area contributed by atoms with Gasteiger partial charge in [0.05, 0.1) is 5.69 Å². The average molecular weight is 342 g/mol. The first-order valence-corrected chi connectivity index (χ1v) is 9.27. The Bertz CT molecular complexity index is 650. The second-order valence-corrected chi connectivity index (χ2v) is 7.74. The summed E-state index contributed by atoms with van der Waals surface area (Å²) >= 11 is 0. The van der Waals surface area contributed by atoms with Gasteiger partial charge in [0.25, 0.3) is 0 Å². The minimum atomic E-state index is -0.0361. The minimum Gasteiger partial charge on any atom is -0.404 e. The Morgan fingerprint density at radius 3 is 2.68 bits per heavy atom. The number of rotatable bonds is 6. The summed E-state index contributed by atoms with van der Waals surface area (Å²) in [6.45, 7) is 2.13. The topological polar surface area (TPSA) is 102 Å². The molecule has 0 spiro atoms. The van der Waals surface area contributed by atoms with Crippen LogP contribution in [0.1, 0.15) is 57.6 Å². The van der Waals surface area contributed by atoms with E-state index in [9.17, 15) is 0 Å². The van der Waals surface area contributed by atoms with Gasteiger partial charge in [0.1, 0.15) is 0 Å². The molecule has 6 nitrogen and oxygen atoms in total. The number of aromatic nitrogens is 2. The molecule has 0 amide bonds. The number of anilines is 1. The molecular weight excluding hydrogens is 312 g/mol. The zero-order valence-electron chi connectivity index (χ0n) is 15.3. The van der Waals surface area contributed by atoms with Crippen molar-refractivity contribution in [3.63, 3.8) is 0 Å². The maximum Gasteiger partial charge on any atom is 0.223 e. The molecular formula is C19H30N6. The Balaban J connectivity index is 1.69. The zero-order chi connectivity index (χ0) is 17.9. The zero-order valence-corrected chi connectivity index (χ0v) is 15.3. The molecule has 0 aliphatic heterocycles. The van der Waals surface area contributed by atoms with Crippen LogP contribution in [0.3, 0.4) is 0 Å². The van der Waals surface area contributed by atoms with E-state index >= 15 is 0 Å². The number of hydrogen-bond acceptors (Lipinski definition) is 6. The molecule has 0 saturated heterocycles. The van der Waals surface area contributed by atoms with Crippen LogP contribution in [0.5, 0.6) is 0 Å². The van der Waals surface area contributed by atoms with Crippen molar-refractivity contribution in [3.05, 3.63) is 24.2 Å². The van der Waals surface area contributed by atoms with Crippen LogP contribution in [0.2, 0.25) is 0 Å². The van der Waals surface area contributed by atoms with Gasteiger partial charge in [0.2, 0.25) is 5.95 Å². The molecule has 136 valence electrons. The van der Waals surface area contributed by atoms with E-state index in [1.165, 1.54) is 12.8 Å². The fourth-order valence-corrected chi connectivity index (χ4v) is 3.43. The monoisotopic (exact) mass is 342 g/mol. The highest BCUT2D eigenvalue weighted by atomic mass is 15.1. The van der Waals surface area contributed by atoms with Gasteiger partial charge in [-0.25, -0.2) is 9.97 Å². The molecule has 2 saturated carbocycles. The standard InChI is InChI=1S/C19H30N6/c1-19(21)8-5-14(6-9-19)24-18-23-10-7-16(25-18)15(12-20)17(22-2)11-13-3-4-13/h7,10,12-14H,3-6,8-9,11,20-21H2,1-2H3,(H,23,24,25). The molecule has 0 bridgehead atoms. The summed E-state index contributed by atoms with van der Waals surface area (Å²) in [6, 6.07) is 2.28. The van der Waals surface area contributed by atoms with E-state index in [2.05, 4.69) is 27.2 Å². The predicted octanol–water partition coefficient (Wildman–Crippen LogP) is 2.72. The van der Waals surface area contributed by atoms with Gasteiger partial charge in [-0.05, 0) is 63.9 Å². The molecule has 1 heterocycles. The molecule has 25 heavy (non-hydrogen) atoms. The molecule has 2 aliphatic carbocycles. The molecule has 3 rings (SSSR count). The lowest BCUT2D eigenvalue weighted by atomic mass is 9.82. The van der Waals surface area contributed by atoms with Crippen molar-refractivity contribution in [2.75, 3.05) is 12.4 Å². The minimum absolute atomic E-state index is 0.0361. The van der Waals surface area contributed by atoms with Gasteiger partial charge >= 0.3 is 0 Å². The lowest BCUT2D eigenvalue weighted by Crippen LogP contribution is -2.43. The van der Waals surface area contributed by atoms with Crippen molar-refractivity contribution in [1.29, 1.82) is 0 Å². The summed E-state index contributed by atoms with van der Waals surface area (Å²) in [4.78, 5) is 13.5. The summed E-state index contributed by atoms with van der Waals surface area (Å²) < 4.78 is 0. The highest BCUT2D eigenvalue weighted by molar-refractivity contribution is 6.23. The van der Waals surface area contributed by atoms with Crippen LogP contribution in [-0.2, 0) is 0 Å². The van der Waals surface area contributed by atoms with Crippen LogP contribution in [0, 0.1) is 5.92 Å². The largest absolute Gasteiger partial charge is 0.404 e. The lowest BCUT2D eigenvalue weighted by molar-refractivity contribution is 0.305. The molecule has 2 aliphatic rings. The maximum atomic E-state index is 6.22. The van der Waals surface area contributed by atoms with Gasteiger partial charge in [-0.15, -0.1) is 0 Å². The number of hydrogen-bond donors (Lipinski definition) is 3. The first-order valence-electron chi connectivity index (χ1n) is 9.27. The molecule has 6 heteroatoms. The Kier molecular flexibility index (Phi) is 5.37. The van der Waals surface area contributed by atoms with Crippen molar-refractivity contribution in [2.24, 2.45) is 22.4 Å². The third kappa shape index (κ3) is 4.78. The normalized spacial score (nSPS) is 28.0. The lowest BCUT2D eigenvalue weighted by Gasteiger charge is -2.34. The van der Waals surface area contributed by atoms with Crippen LogP contribution in [0.25, 0.3) is 5.57 Å². The van der Waals surface area contributed by atoms with Gasteiger partial charge in [-0.2, -0.15) is 0 Å². The fourth-order valence-electron chi connectivity index (χ4n) is 3.43. The van der Waals surface area contributed by atoms with Gasteiger partial charge < -0.3 is 16.8 Å². The Morgan fingerprint density at radius 1 is 1.36 bits per heavy atom. The molecule has 0 aromatic carbocycles. The second-order valence-electron chi connectivity index (χ2n) is 7.74. The first-order chi connectivity index (χ1) is 12.0. The fraction of sp³-hybridized carbons (Fsp3) is 0.632. The van der Waals surface area contributed by atoms with Crippen molar-refractivity contribution >= 4 is 17.2 Å². The second kappa shape index (κ2) is 7.52. The predicted molar refractivity (Wildman–Crippen MR) is 103 cm³/mol. The maximum absolute atomic E-state index is 6.22. The van der Waals surface area contributed by atoms with E-state index < -0.39 is 0 Å². The van der Waals surface area contributed by atoms with Crippen molar-refractivity contribution in [2.45, 2.75) is 63.5 Å². The smallest absolute Gasteiger partial charge is 0.223 e. The van der Waals surface area contributed by atoms with Crippen LogP contribution >= 0.6 is 0 Å². The van der Waals surface area contributed by atoms with Crippen molar-refractivity contribution in [1.82, 2.24) is 9.97 Å². The van der Waals surface area contributed by atoms with Crippen LogP contribution in [-0.4, -0.2) is 34.3 Å². The summed E-state index contributed by atoms with van der Waals surface area (Å²) in [5.74, 6) is 1.41. The number of nitrogens with zero attached hydrogens (tertiary/aromatic N) is 3. The van der Waals surface area contributed by atoms with Crippen molar-refractivity contribution < 1.29 is 0 Å². The molecule has 0 radical (unpaired) electrons. The molecule has 0 unspecified atom stereocenters. The van der Waals surface area contributed by atoms with E-state index in [-0.39, 0.29) is 5.54 Å². The Morgan fingerprint density at radius 2 is 2.08 bits per heavy atom. The third-order valence-electron chi connectivity index (χ3n) is 5.32. The molecule has 2 fully saturated rings. The highest BCUT2D eigenvalue weighted by Crippen LogP contribution is 2.35. The average Bonchev–Trinajstić information content (AvgIpc) is 3.41. The van der Waals surface area contributed by atoms with Crippen molar-refractivity contribution in [3.8, 4) is 0 Å². The number of aliphatic imine (C=N–C) groups is 1. The summed E-state index contributed by atoms with van der Waals surface area (Å²) in [6.07, 6.45) is 11.1.